The summed E-state index contributed by atoms with van der Waals surface area (Å²) < 4.78 is 2.04. The highest BCUT2D eigenvalue weighted by Gasteiger charge is 2.41. The van der Waals surface area contributed by atoms with Gasteiger partial charge in [0.15, 0.2) is 11.2 Å². The lowest BCUT2D eigenvalue weighted by Crippen LogP contribution is -2.38. The summed E-state index contributed by atoms with van der Waals surface area (Å²) in [6.45, 7) is 1.01. The Morgan fingerprint density at radius 3 is 2.74 bits per heavy atom. The first-order valence-electron chi connectivity index (χ1n) is 12.0. The van der Waals surface area contributed by atoms with Gasteiger partial charge in [-0.25, -0.2) is 9.97 Å². The lowest BCUT2D eigenvalue weighted by atomic mass is 10.1. The lowest BCUT2D eigenvalue weighted by molar-refractivity contribution is -0.121. The van der Waals surface area contributed by atoms with Crippen molar-refractivity contribution < 1.29 is 14.4 Å². The maximum absolute atomic E-state index is 13.7. The summed E-state index contributed by atoms with van der Waals surface area (Å²) in [7, 11) is 0. The van der Waals surface area contributed by atoms with Gasteiger partial charge < -0.3 is 9.47 Å². The molecule has 0 aliphatic carbocycles. The summed E-state index contributed by atoms with van der Waals surface area (Å²) >= 11 is 7.94. The molecule has 1 atom stereocenters. The number of anilines is 1. The minimum absolute atomic E-state index is 0.177. The van der Waals surface area contributed by atoms with Crippen LogP contribution in [0.1, 0.15) is 61.3 Å². The number of nitrogens with one attached hydrogen (secondary N) is 1. The van der Waals surface area contributed by atoms with Gasteiger partial charge in [-0.15, -0.1) is 11.3 Å². The number of aromatic nitrogens is 3. The Morgan fingerprint density at radius 2 is 1.97 bits per heavy atom. The third-order valence-electron chi connectivity index (χ3n) is 6.69. The second-order valence-electron chi connectivity index (χ2n) is 9.01. The van der Waals surface area contributed by atoms with Gasteiger partial charge in [-0.3, -0.25) is 19.7 Å². The summed E-state index contributed by atoms with van der Waals surface area (Å²) in [4.78, 5) is 48.5. The molecule has 10 heteroatoms. The van der Waals surface area contributed by atoms with Crippen LogP contribution >= 0.6 is 22.9 Å². The zero-order valence-electron chi connectivity index (χ0n) is 20.0. The largest absolute Gasteiger partial charge is 0.334 e. The van der Waals surface area contributed by atoms with E-state index in [9.17, 15) is 14.4 Å². The van der Waals surface area contributed by atoms with Crippen molar-refractivity contribution in [1.82, 2.24) is 19.4 Å². The molecule has 1 unspecified atom stereocenters. The number of benzene rings is 2. The Balaban J connectivity index is 1.34. The number of rotatable bonds is 5. The first-order chi connectivity index (χ1) is 18.5. The molecule has 2 aliphatic heterocycles. The van der Waals surface area contributed by atoms with Crippen LogP contribution in [0.3, 0.4) is 0 Å². The molecule has 6 rings (SSSR count). The predicted octanol–water partition coefficient (Wildman–Crippen LogP) is 4.49. The number of aryl methyl sites for hydroxylation is 1. The van der Waals surface area contributed by atoms with Crippen LogP contribution in [0.15, 0.2) is 54.3 Å². The fourth-order valence-electron chi connectivity index (χ4n) is 4.86. The van der Waals surface area contributed by atoms with Gasteiger partial charge in [0, 0.05) is 63.2 Å². The SMILES string of the molecule is O=Cc1ccc(C#Cc2cc(Cl)c3c(c2)C(=O)N(C(C(=O)Nc2nccs2)c2ncn4c2CCC4)C3)cc1. The number of nitrogens with zero attached hydrogens (tertiary/aromatic N) is 4. The van der Waals surface area contributed by atoms with E-state index in [1.165, 1.54) is 16.2 Å². The Morgan fingerprint density at radius 1 is 1.16 bits per heavy atom. The van der Waals surface area contributed by atoms with E-state index in [1.54, 1.807) is 54.3 Å². The number of fused-ring (bicyclic) bond motifs is 2. The third kappa shape index (κ3) is 4.38. The van der Waals surface area contributed by atoms with Crippen LogP contribution in [0.25, 0.3) is 0 Å². The Hall–Kier alpha value is -4.26. The highest BCUT2D eigenvalue weighted by atomic mass is 35.5. The molecule has 2 aromatic heterocycles. The van der Waals surface area contributed by atoms with E-state index in [4.69, 9.17) is 11.6 Å². The second kappa shape index (κ2) is 9.89. The average Bonchev–Trinajstić information content (AvgIpc) is 3.72. The maximum Gasteiger partial charge on any atom is 0.255 e. The number of amides is 2. The summed E-state index contributed by atoms with van der Waals surface area (Å²) in [6.07, 6.45) is 5.87. The van der Waals surface area contributed by atoms with Crippen molar-refractivity contribution >= 4 is 46.2 Å². The highest BCUT2D eigenvalue weighted by molar-refractivity contribution is 7.13. The molecular weight excluding hydrogens is 522 g/mol. The number of carbonyl (C=O) groups is 3. The van der Waals surface area contributed by atoms with Crippen LogP contribution in [-0.4, -0.2) is 37.5 Å². The van der Waals surface area contributed by atoms with Crippen molar-refractivity contribution in [3.05, 3.63) is 98.5 Å². The maximum atomic E-state index is 13.7. The molecule has 0 bridgehead atoms. The van der Waals surface area contributed by atoms with E-state index < -0.39 is 6.04 Å². The Labute approximate surface area is 227 Å². The lowest BCUT2D eigenvalue weighted by Gasteiger charge is -2.26. The number of hydrogen-bond donors (Lipinski definition) is 1. The molecule has 1 N–H and O–H groups in total. The minimum atomic E-state index is -0.935. The van der Waals surface area contributed by atoms with Gasteiger partial charge in [0.05, 0.1) is 12.0 Å². The summed E-state index contributed by atoms with van der Waals surface area (Å²) in [5, 5.41) is 5.48. The molecule has 2 amide bonds. The van der Waals surface area contributed by atoms with Crippen molar-refractivity contribution in [3.8, 4) is 11.8 Å². The summed E-state index contributed by atoms with van der Waals surface area (Å²) in [5.41, 5.74) is 4.49. The molecule has 188 valence electrons. The molecule has 8 nitrogen and oxygen atoms in total. The van der Waals surface area contributed by atoms with Gasteiger partial charge in [0.25, 0.3) is 11.8 Å². The van der Waals surface area contributed by atoms with E-state index in [1.807, 2.05) is 4.57 Å². The fraction of sp³-hybridized carbons (Fsp3) is 0.179. The molecule has 0 radical (unpaired) electrons. The first-order valence-corrected chi connectivity index (χ1v) is 13.2. The van der Waals surface area contributed by atoms with Gasteiger partial charge in [0.2, 0.25) is 0 Å². The molecule has 2 aliphatic rings. The van der Waals surface area contributed by atoms with Gasteiger partial charge in [-0.2, -0.15) is 0 Å². The Bertz CT molecular complexity index is 1630. The van der Waals surface area contributed by atoms with Gasteiger partial charge in [-0.1, -0.05) is 35.6 Å². The van der Waals surface area contributed by atoms with E-state index in [0.29, 0.717) is 38.1 Å². The smallest absolute Gasteiger partial charge is 0.255 e. The van der Waals surface area contributed by atoms with Crippen LogP contribution in [-0.2, 0) is 24.3 Å². The predicted molar refractivity (Wildman–Crippen MR) is 143 cm³/mol. The first kappa shape index (κ1) is 24.1. The van der Waals surface area contributed by atoms with Crippen molar-refractivity contribution in [3.63, 3.8) is 0 Å². The summed E-state index contributed by atoms with van der Waals surface area (Å²) in [6, 6.07) is 9.40. The van der Waals surface area contributed by atoms with E-state index in [-0.39, 0.29) is 18.4 Å². The molecule has 4 aromatic rings. The van der Waals surface area contributed by atoms with Crippen molar-refractivity contribution in [2.45, 2.75) is 32.0 Å². The summed E-state index contributed by atoms with van der Waals surface area (Å²) in [5.74, 6) is 5.42. The quantitative estimate of drug-likeness (QED) is 0.297. The van der Waals surface area contributed by atoms with E-state index >= 15 is 0 Å². The minimum Gasteiger partial charge on any atom is -0.334 e. The van der Waals surface area contributed by atoms with Crippen LogP contribution < -0.4 is 5.32 Å². The molecule has 2 aromatic carbocycles. The van der Waals surface area contributed by atoms with Crippen LogP contribution in [0.2, 0.25) is 5.02 Å². The molecule has 0 saturated heterocycles. The number of aldehydes is 1. The topological polar surface area (TPSA) is 97.2 Å². The van der Waals surface area contributed by atoms with Crippen LogP contribution in [0.4, 0.5) is 5.13 Å². The molecule has 0 fully saturated rings. The van der Waals surface area contributed by atoms with Gasteiger partial charge in [-0.05, 0) is 37.1 Å². The van der Waals surface area contributed by atoms with Crippen LogP contribution in [0, 0.1) is 11.8 Å². The van der Waals surface area contributed by atoms with Crippen LogP contribution in [0.5, 0.6) is 0 Å². The Kier molecular flexibility index (Phi) is 6.27. The number of imidazole rings is 1. The molecular formula is C28H20ClN5O3S. The highest BCUT2D eigenvalue weighted by Crippen LogP contribution is 2.38. The van der Waals surface area contributed by atoms with Crippen molar-refractivity contribution in [2.24, 2.45) is 0 Å². The number of hydrogen-bond acceptors (Lipinski definition) is 6. The van der Waals surface area contributed by atoms with E-state index in [0.717, 1.165) is 36.9 Å². The van der Waals surface area contributed by atoms with Crippen molar-refractivity contribution in [2.75, 3.05) is 5.32 Å². The molecule has 38 heavy (non-hydrogen) atoms. The van der Waals surface area contributed by atoms with Gasteiger partial charge >= 0.3 is 0 Å². The molecule has 0 saturated carbocycles. The normalized spacial score (nSPS) is 14.4. The monoisotopic (exact) mass is 541 g/mol. The zero-order chi connectivity index (χ0) is 26.2. The third-order valence-corrected chi connectivity index (χ3v) is 7.71. The standard InChI is InChI=1S/C28H20ClN5O3S/c29-22-13-19(8-5-17-3-6-18(15-35)7-4-17)12-20-21(22)14-34(27(20)37)25(26(36)32-28-30-9-11-38-28)24-23-2-1-10-33(23)16-31-24/h3-4,6-7,9,11-13,15-16,25H,1-2,10,14H2,(H,30,32,36). The number of thiazole rings is 1. The second-order valence-corrected chi connectivity index (χ2v) is 10.3. The zero-order valence-corrected chi connectivity index (χ0v) is 21.6. The number of carbonyl (C=O) groups excluding carboxylic acids is 3. The number of halogens is 1. The average molecular weight is 542 g/mol. The van der Waals surface area contributed by atoms with Gasteiger partial charge in [0.1, 0.15) is 6.29 Å². The molecule has 4 heterocycles. The fourth-order valence-corrected chi connectivity index (χ4v) is 5.67. The van der Waals surface area contributed by atoms with E-state index in [2.05, 4.69) is 27.1 Å². The van der Waals surface area contributed by atoms with Crippen molar-refractivity contribution in [1.29, 1.82) is 0 Å². The molecule has 0 spiro atoms.